The van der Waals surface area contributed by atoms with Crippen LogP contribution < -0.4 is 5.32 Å². The zero-order valence-electron chi connectivity index (χ0n) is 11.3. The molecule has 0 saturated heterocycles. The number of nitrogens with zero attached hydrogens (tertiary/aromatic N) is 1. The molecule has 0 spiro atoms. The number of carbonyl (C=O) groups is 1. The lowest BCUT2D eigenvalue weighted by Crippen LogP contribution is -2.21. The summed E-state index contributed by atoms with van der Waals surface area (Å²) in [5.74, 6) is -0.598. The fraction of sp³-hybridized carbons (Fsp3) is 0.286. The minimum atomic E-state index is -0.364. The highest BCUT2D eigenvalue weighted by molar-refractivity contribution is 5.99. The standard InChI is InChI=1S/C14H15FN2O2/c1-7-8(2)13(15)12(10-5-19-6-17-10)9(3)11(7)14(18)16-4/h5-6H,1-4H3,(H,16,18). The number of benzene rings is 1. The van der Waals surface area contributed by atoms with Crippen LogP contribution in [0.15, 0.2) is 17.1 Å². The Bertz CT molecular complexity index is 634. The Balaban J connectivity index is 2.82. The van der Waals surface area contributed by atoms with Crippen molar-refractivity contribution in [1.82, 2.24) is 10.3 Å². The van der Waals surface area contributed by atoms with Crippen LogP contribution in [0.4, 0.5) is 4.39 Å². The van der Waals surface area contributed by atoms with Gasteiger partial charge in [-0.15, -0.1) is 0 Å². The molecule has 4 nitrogen and oxygen atoms in total. The maximum Gasteiger partial charge on any atom is 0.251 e. The largest absolute Gasteiger partial charge is 0.451 e. The molecule has 0 aliphatic carbocycles. The molecule has 0 aliphatic heterocycles. The van der Waals surface area contributed by atoms with Crippen LogP contribution in [0.5, 0.6) is 0 Å². The van der Waals surface area contributed by atoms with Gasteiger partial charge in [-0.25, -0.2) is 9.37 Å². The number of nitrogens with one attached hydrogen (secondary N) is 1. The van der Waals surface area contributed by atoms with Crippen molar-refractivity contribution in [2.45, 2.75) is 20.8 Å². The lowest BCUT2D eigenvalue weighted by atomic mass is 9.91. The molecule has 1 amide bonds. The molecule has 0 saturated carbocycles. The number of aromatic nitrogens is 1. The summed E-state index contributed by atoms with van der Waals surface area (Å²) in [6.07, 6.45) is 2.61. The van der Waals surface area contributed by atoms with Gasteiger partial charge in [0.25, 0.3) is 5.91 Å². The van der Waals surface area contributed by atoms with Gasteiger partial charge in [-0.1, -0.05) is 0 Å². The maximum atomic E-state index is 14.4. The zero-order valence-corrected chi connectivity index (χ0v) is 11.3. The molecule has 0 fully saturated rings. The highest BCUT2D eigenvalue weighted by Gasteiger charge is 2.23. The normalized spacial score (nSPS) is 10.6. The molecule has 0 atom stereocenters. The van der Waals surface area contributed by atoms with Crippen molar-refractivity contribution in [3.05, 3.63) is 40.7 Å². The third kappa shape index (κ3) is 2.01. The number of hydrogen-bond acceptors (Lipinski definition) is 3. The zero-order chi connectivity index (χ0) is 14.2. The van der Waals surface area contributed by atoms with Crippen LogP contribution >= 0.6 is 0 Å². The van der Waals surface area contributed by atoms with E-state index in [2.05, 4.69) is 10.3 Å². The second-order valence-corrected chi connectivity index (χ2v) is 4.39. The first-order chi connectivity index (χ1) is 8.99. The molecule has 19 heavy (non-hydrogen) atoms. The van der Waals surface area contributed by atoms with Crippen LogP contribution in [0.25, 0.3) is 11.3 Å². The number of amides is 1. The van der Waals surface area contributed by atoms with E-state index >= 15 is 0 Å². The van der Waals surface area contributed by atoms with E-state index in [9.17, 15) is 9.18 Å². The lowest BCUT2D eigenvalue weighted by Gasteiger charge is -2.16. The van der Waals surface area contributed by atoms with Crippen molar-refractivity contribution in [3.63, 3.8) is 0 Å². The van der Waals surface area contributed by atoms with Gasteiger partial charge in [-0.05, 0) is 37.5 Å². The summed E-state index contributed by atoms with van der Waals surface area (Å²) in [6.45, 7) is 5.10. The van der Waals surface area contributed by atoms with Gasteiger partial charge in [0.05, 0.1) is 0 Å². The monoisotopic (exact) mass is 262 g/mol. The number of rotatable bonds is 2. The van der Waals surface area contributed by atoms with Gasteiger partial charge in [-0.2, -0.15) is 0 Å². The quantitative estimate of drug-likeness (QED) is 0.905. The molecule has 0 radical (unpaired) electrons. The molecule has 1 heterocycles. The highest BCUT2D eigenvalue weighted by atomic mass is 19.1. The maximum absolute atomic E-state index is 14.4. The van der Waals surface area contributed by atoms with E-state index in [1.165, 1.54) is 12.7 Å². The van der Waals surface area contributed by atoms with Crippen LogP contribution in [0, 0.1) is 26.6 Å². The van der Waals surface area contributed by atoms with E-state index in [1.54, 1.807) is 27.8 Å². The summed E-state index contributed by atoms with van der Waals surface area (Å²) in [6, 6.07) is 0. The van der Waals surface area contributed by atoms with Crippen LogP contribution in [-0.4, -0.2) is 17.9 Å². The Morgan fingerprint density at radius 1 is 1.26 bits per heavy atom. The van der Waals surface area contributed by atoms with Crippen LogP contribution in [-0.2, 0) is 0 Å². The summed E-state index contributed by atoms with van der Waals surface area (Å²) in [5.41, 5.74) is 2.84. The van der Waals surface area contributed by atoms with Gasteiger partial charge >= 0.3 is 0 Å². The molecular weight excluding hydrogens is 247 g/mol. The van der Waals surface area contributed by atoms with Crippen LogP contribution in [0.1, 0.15) is 27.0 Å². The van der Waals surface area contributed by atoms with Crippen molar-refractivity contribution in [3.8, 4) is 11.3 Å². The van der Waals surface area contributed by atoms with Crippen molar-refractivity contribution in [1.29, 1.82) is 0 Å². The predicted molar refractivity (Wildman–Crippen MR) is 69.5 cm³/mol. The number of halogens is 1. The average molecular weight is 262 g/mol. The Hall–Kier alpha value is -2.17. The van der Waals surface area contributed by atoms with Gasteiger partial charge < -0.3 is 9.73 Å². The van der Waals surface area contributed by atoms with Crippen molar-refractivity contribution < 1.29 is 13.6 Å². The molecule has 0 bridgehead atoms. The molecule has 0 aliphatic rings. The summed E-state index contributed by atoms with van der Waals surface area (Å²) < 4.78 is 19.3. The minimum Gasteiger partial charge on any atom is -0.451 e. The second-order valence-electron chi connectivity index (χ2n) is 4.39. The van der Waals surface area contributed by atoms with E-state index in [-0.39, 0.29) is 11.7 Å². The summed E-state index contributed by atoms with van der Waals surface area (Å²) in [7, 11) is 1.55. The van der Waals surface area contributed by atoms with Gasteiger partial charge in [0.2, 0.25) is 0 Å². The van der Waals surface area contributed by atoms with Crippen molar-refractivity contribution in [2.75, 3.05) is 7.05 Å². The lowest BCUT2D eigenvalue weighted by molar-refractivity contribution is 0.0962. The van der Waals surface area contributed by atoms with E-state index in [4.69, 9.17) is 4.42 Å². The number of carbonyl (C=O) groups excluding carboxylic acids is 1. The summed E-state index contributed by atoms with van der Waals surface area (Å²) in [4.78, 5) is 15.9. The molecule has 1 aromatic carbocycles. The molecular formula is C14H15FN2O2. The number of hydrogen-bond donors (Lipinski definition) is 1. The van der Waals surface area contributed by atoms with Gasteiger partial charge in [0.15, 0.2) is 6.39 Å². The second kappa shape index (κ2) is 4.84. The third-order valence-corrected chi connectivity index (χ3v) is 3.38. The van der Waals surface area contributed by atoms with Crippen molar-refractivity contribution in [2.24, 2.45) is 0 Å². The molecule has 1 N–H and O–H groups in total. The first kappa shape index (κ1) is 13.3. The van der Waals surface area contributed by atoms with E-state index in [0.29, 0.717) is 33.5 Å². The Morgan fingerprint density at radius 2 is 1.95 bits per heavy atom. The SMILES string of the molecule is CNC(=O)c1c(C)c(C)c(F)c(-c2cocn2)c1C. The Kier molecular flexibility index (Phi) is 3.38. The molecule has 0 unspecified atom stereocenters. The van der Waals surface area contributed by atoms with E-state index in [0.717, 1.165) is 0 Å². The summed E-state index contributed by atoms with van der Waals surface area (Å²) >= 11 is 0. The van der Waals surface area contributed by atoms with Crippen LogP contribution in [0.2, 0.25) is 0 Å². The fourth-order valence-corrected chi connectivity index (χ4v) is 2.22. The molecule has 100 valence electrons. The Labute approximate surface area is 110 Å². The van der Waals surface area contributed by atoms with Crippen molar-refractivity contribution >= 4 is 5.91 Å². The minimum absolute atomic E-state index is 0.233. The topological polar surface area (TPSA) is 55.1 Å². The Morgan fingerprint density at radius 3 is 2.47 bits per heavy atom. The van der Waals surface area contributed by atoms with E-state index in [1.807, 2.05) is 0 Å². The third-order valence-electron chi connectivity index (χ3n) is 3.38. The smallest absolute Gasteiger partial charge is 0.251 e. The molecule has 2 rings (SSSR count). The average Bonchev–Trinajstić information content (AvgIpc) is 2.90. The first-order valence-corrected chi connectivity index (χ1v) is 5.88. The first-order valence-electron chi connectivity index (χ1n) is 5.88. The highest BCUT2D eigenvalue weighted by Crippen LogP contribution is 2.32. The fourth-order valence-electron chi connectivity index (χ4n) is 2.22. The van der Waals surface area contributed by atoms with Crippen LogP contribution in [0.3, 0.4) is 0 Å². The molecule has 2 aromatic rings. The predicted octanol–water partition coefficient (Wildman–Crippen LogP) is 2.77. The van der Waals surface area contributed by atoms with Gasteiger partial charge in [0.1, 0.15) is 17.8 Å². The summed E-state index contributed by atoms with van der Waals surface area (Å²) in [5, 5.41) is 2.58. The molecule has 5 heteroatoms. The van der Waals surface area contributed by atoms with Gasteiger partial charge in [-0.3, -0.25) is 4.79 Å². The number of oxazole rings is 1. The molecule has 1 aromatic heterocycles. The van der Waals surface area contributed by atoms with Gasteiger partial charge in [0, 0.05) is 18.2 Å². The van der Waals surface area contributed by atoms with E-state index < -0.39 is 0 Å².